The highest BCUT2D eigenvalue weighted by Gasteiger charge is 2.29. The van der Waals surface area contributed by atoms with Crippen molar-refractivity contribution in [1.29, 1.82) is 0 Å². The van der Waals surface area contributed by atoms with Crippen LogP contribution >= 0.6 is 0 Å². The van der Waals surface area contributed by atoms with Gasteiger partial charge in [-0.3, -0.25) is 0 Å². The van der Waals surface area contributed by atoms with Gasteiger partial charge in [0.25, 0.3) is 0 Å². The molecule has 0 spiro atoms. The molecule has 0 radical (unpaired) electrons. The Bertz CT molecular complexity index is 338. The molecule has 0 saturated heterocycles. The van der Waals surface area contributed by atoms with E-state index in [0.717, 1.165) is 0 Å². The van der Waals surface area contributed by atoms with Crippen LogP contribution in [0.15, 0.2) is 0 Å². The molecule has 5 nitrogen and oxygen atoms in total. The van der Waals surface area contributed by atoms with Gasteiger partial charge in [-0.25, -0.2) is 9.59 Å². The van der Waals surface area contributed by atoms with Gasteiger partial charge in [-0.2, -0.15) is 0 Å². The normalized spacial score (nSPS) is 12.9. The predicted molar refractivity (Wildman–Crippen MR) is 89.8 cm³/mol. The van der Waals surface area contributed by atoms with Gasteiger partial charge in [-0.1, -0.05) is 27.7 Å². The Hall–Kier alpha value is -1.26. The quantitative estimate of drug-likeness (QED) is 0.785. The van der Waals surface area contributed by atoms with E-state index in [4.69, 9.17) is 9.47 Å². The number of amides is 1. The van der Waals surface area contributed by atoms with Crippen molar-refractivity contribution in [2.45, 2.75) is 92.9 Å². The minimum atomic E-state index is -0.691. The van der Waals surface area contributed by atoms with E-state index in [1.54, 1.807) is 41.5 Å². The molecule has 0 aromatic heterocycles. The largest absolute Gasteiger partial charge is 0.458 e. The summed E-state index contributed by atoms with van der Waals surface area (Å²) in [6, 6.07) is -0.691. The molecule has 0 aliphatic carbocycles. The fourth-order valence-electron chi connectivity index (χ4n) is 1.51. The molecule has 0 rings (SSSR count). The minimum absolute atomic E-state index is 0.252. The molecular weight excluding hydrogens is 282 g/mol. The summed E-state index contributed by atoms with van der Waals surface area (Å²) in [5, 5.41) is 2.59. The number of rotatable bonds is 4. The molecule has 0 saturated carbocycles. The van der Waals surface area contributed by atoms with Crippen LogP contribution in [0.25, 0.3) is 0 Å². The average Bonchev–Trinajstić information content (AvgIpc) is 2.25. The average molecular weight is 317 g/mol. The van der Waals surface area contributed by atoms with E-state index in [2.05, 4.69) is 5.32 Å². The predicted octanol–water partition coefficient (Wildman–Crippen LogP) is 4.29. The van der Waals surface area contributed by atoms with Gasteiger partial charge < -0.3 is 14.8 Å². The number of alkyl carbamates (subject to hydrolysis) is 1. The van der Waals surface area contributed by atoms with Crippen molar-refractivity contribution in [3.63, 3.8) is 0 Å². The minimum Gasteiger partial charge on any atom is -0.458 e. The molecule has 0 bridgehead atoms. The Morgan fingerprint density at radius 3 is 1.64 bits per heavy atom. The van der Waals surface area contributed by atoms with Crippen LogP contribution < -0.4 is 5.32 Å². The van der Waals surface area contributed by atoms with Crippen LogP contribution in [0.2, 0.25) is 0 Å². The van der Waals surface area contributed by atoms with E-state index in [-0.39, 0.29) is 5.92 Å². The molecule has 0 aromatic carbocycles. The third kappa shape index (κ3) is 13.7. The number of carbonyl (C=O) groups excluding carboxylic acids is 2. The van der Waals surface area contributed by atoms with Gasteiger partial charge in [0.1, 0.15) is 17.2 Å². The lowest BCUT2D eigenvalue weighted by Crippen LogP contribution is -2.46. The summed E-state index contributed by atoms with van der Waals surface area (Å²) in [4.78, 5) is 23.9. The van der Waals surface area contributed by atoms with Gasteiger partial charge in [0.15, 0.2) is 0 Å². The molecule has 1 unspecified atom stereocenters. The maximum Gasteiger partial charge on any atom is 0.408 e. The van der Waals surface area contributed by atoms with Crippen LogP contribution in [0.1, 0.15) is 75.7 Å². The first-order valence-electron chi connectivity index (χ1n) is 8.02. The van der Waals surface area contributed by atoms with Crippen molar-refractivity contribution in [1.82, 2.24) is 5.32 Å². The van der Waals surface area contributed by atoms with Gasteiger partial charge in [-0.05, 0) is 53.9 Å². The smallest absolute Gasteiger partial charge is 0.408 e. The van der Waals surface area contributed by atoms with Crippen LogP contribution in [-0.2, 0) is 14.3 Å². The SMILES string of the molecule is CC.CC(C)CC(NC(=O)OC(C)(C)C)C(=O)OC(C)(C)C. The van der Waals surface area contributed by atoms with E-state index >= 15 is 0 Å². The van der Waals surface area contributed by atoms with Gasteiger partial charge in [0.05, 0.1) is 0 Å². The van der Waals surface area contributed by atoms with Gasteiger partial charge in [0, 0.05) is 0 Å². The van der Waals surface area contributed by atoms with Crippen molar-refractivity contribution >= 4 is 12.1 Å². The van der Waals surface area contributed by atoms with Crippen LogP contribution in [0.5, 0.6) is 0 Å². The number of hydrogen-bond donors (Lipinski definition) is 1. The van der Waals surface area contributed by atoms with Crippen LogP contribution in [0.3, 0.4) is 0 Å². The van der Waals surface area contributed by atoms with Crippen molar-refractivity contribution < 1.29 is 19.1 Å². The summed E-state index contributed by atoms with van der Waals surface area (Å²) < 4.78 is 10.5. The molecule has 1 amide bonds. The number of ether oxygens (including phenoxy) is 2. The number of hydrogen-bond acceptors (Lipinski definition) is 4. The topological polar surface area (TPSA) is 64.6 Å². The monoisotopic (exact) mass is 317 g/mol. The zero-order valence-corrected chi connectivity index (χ0v) is 16.0. The standard InChI is InChI=1S/C15H29NO4.C2H6/c1-10(2)9-11(12(17)19-14(3,4)5)16-13(18)20-15(6,7)8;1-2/h10-11H,9H2,1-8H3,(H,16,18);1-2H3. The molecule has 22 heavy (non-hydrogen) atoms. The van der Waals surface area contributed by atoms with Crippen LogP contribution in [-0.4, -0.2) is 29.3 Å². The Morgan fingerprint density at radius 2 is 1.32 bits per heavy atom. The highest BCUT2D eigenvalue weighted by Crippen LogP contribution is 2.14. The molecule has 132 valence electrons. The van der Waals surface area contributed by atoms with E-state index in [1.165, 1.54) is 0 Å². The van der Waals surface area contributed by atoms with Crippen LogP contribution in [0, 0.1) is 5.92 Å². The maximum absolute atomic E-state index is 12.1. The molecule has 0 aliphatic rings. The third-order valence-electron chi connectivity index (χ3n) is 2.09. The molecule has 5 heteroatoms. The molecule has 0 heterocycles. The fourth-order valence-corrected chi connectivity index (χ4v) is 1.51. The molecule has 1 N–H and O–H groups in total. The Balaban J connectivity index is 0. The third-order valence-corrected chi connectivity index (χ3v) is 2.09. The second kappa shape index (κ2) is 9.70. The van der Waals surface area contributed by atoms with E-state index in [9.17, 15) is 9.59 Å². The van der Waals surface area contributed by atoms with E-state index < -0.39 is 29.3 Å². The van der Waals surface area contributed by atoms with Gasteiger partial charge >= 0.3 is 12.1 Å². The Kier molecular flexibility index (Phi) is 10.1. The van der Waals surface area contributed by atoms with E-state index in [1.807, 2.05) is 27.7 Å². The first kappa shape index (κ1) is 23.0. The number of nitrogens with one attached hydrogen (secondary N) is 1. The fraction of sp³-hybridized carbons (Fsp3) is 0.882. The van der Waals surface area contributed by atoms with Crippen molar-refractivity contribution in [2.24, 2.45) is 5.92 Å². The molecule has 0 aliphatic heterocycles. The summed E-state index contributed by atoms with van der Waals surface area (Å²) in [6.45, 7) is 18.7. The second-order valence-electron chi connectivity index (χ2n) is 7.36. The van der Waals surface area contributed by atoms with Gasteiger partial charge in [0.2, 0.25) is 0 Å². The van der Waals surface area contributed by atoms with Crippen molar-refractivity contribution in [3.05, 3.63) is 0 Å². The highest BCUT2D eigenvalue weighted by atomic mass is 16.6. The summed E-state index contributed by atoms with van der Waals surface area (Å²) in [5.74, 6) is -0.181. The molecule has 0 fully saturated rings. The Labute approximate surface area is 136 Å². The molecular formula is C17H35NO4. The zero-order chi connectivity index (χ0) is 18.1. The zero-order valence-electron chi connectivity index (χ0n) is 16.0. The second-order valence-corrected chi connectivity index (χ2v) is 7.36. The summed E-state index contributed by atoms with van der Waals surface area (Å²) in [6.07, 6.45) is -0.0947. The first-order valence-corrected chi connectivity index (χ1v) is 8.02. The Morgan fingerprint density at radius 1 is 0.909 bits per heavy atom. The summed E-state index contributed by atoms with van der Waals surface area (Å²) in [5.41, 5.74) is -1.18. The number of esters is 1. The molecule has 0 aromatic rings. The summed E-state index contributed by atoms with van der Waals surface area (Å²) >= 11 is 0. The summed E-state index contributed by atoms with van der Waals surface area (Å²) in [7, 11) is 0. The van der Waals surface area contributed by atoms with Crippen molar-refractivity contribution in [3.8, 4) is 0 Å². The van der Waals surface area contributed by atoms with Gasteiger partial charge in [-0.15, -0.1) is 0 Å². The lowest BCUT2D eigenvalue weighted by molar-refractivity contribution is -0.157. The molecule has 1 atom stereocenters. The van der Waals surface area contributed by atoms with Crippen LogP contribution in [0.4, 0.5) is 4.79 Å². The lowest BCUT2D eigenvalue weighted by Gasteiger charge is -2.27. The lowest BCUT2D eigenvalue weighted by atomic mass is 10.0. The highest BCUT2D eigenvalue weighted by molar-refractivity contribution is 5.81. The number of carbonyl (C=O) groups is 2. The maximum atomic E-state index is 12.1. The van der Waals surface area contributed by atoms with Crippen molar-refractivity contribution in [2.75, 3.05) is 0 Å². The first-order chi connectivity index (χ1) is 9.80. The van der Waals surface area contributed by atoms with E-state index in [0.29, 0.717) is 6.42 Å².